The van der Waals surface area contributed by atoms with Gasteiger partial charge in [-0.05, 0) is 61.6 Å². The van der Waals surface area contributed by atoms with Gasteiger partial charge in [-0.1, -0.05) is 6.07 Å². The van der Waals surface area contributed by atoms with Gasteiger partial charge in [0.15, 0.2) is 0 Å². The number of hydrogen-bond donors (Lipinski definition) is 1. The molecule has 0 unspecified atom stereocenters. The van der Waals surface area contributed by atoms with E-state index in [1.807, 2.05) is 24.5 Å². The van der Waals surface area contributed by atoms with Crippen LogP contribution >= 0.6 is 0 Å². The highest BCUT2D eigenvalue weighted by molar-refractivity contribution is 5.94. The maximum absolute atomic E-state index is 13.6. The zero-order valence-corrected chi connectivity index (χ0v) is 14.5. The molecule has 2 heterocycles. The fraction of sp³-hybridized carbons (Fsp3) is 0.400. The largest absolute Gasteiger partial charge is 0.349 e. The van der Waals surface area contributed by atoms with Gasteiger partial charge in [0.1, 0.15) is 5.82 Å². The highest BCUT2D eigenvalue weighted by Crippen LogP contribution is 2.14. The summed E-state index contributed by atoms with van der Waals surface area (Å²) in [7, 11) is 0. The molecule has 4 nitrogen and oxygen atoms in total. The van der Waals surface area contributed by atoms with Gasteiger partial charge in [0.05, 0.1) is 0 Å². The zero-order valence-electron chi connectivity index (χ0n) is 14.5. The van der Waals surface area contributed by atoms with Crippen molar-refractivity contribution in [2.24, 2.45) is 0 Å². The van der Waals surface area contributed by atoms with Crippen LogP contribution in [0.25, 0.3) is 0 Å². The van der Waals surface area contributed by atoms with E-state index in [9.17, 15) is 9.18 Å². The average molecular weight is 341 g/mol. The lowest BCUT2D eigenvalue weighted by atomic mass is 10.0. The number of hydrogen-bond acceptors (Lipinski definition) is 3. The molecule has 1 aromatic heterocycles. The Hall–Kier alpha value is -2.27. The highest BCUT2D eigenvalue weighted by Gasteiger charge is 2.21. The topological polar surface area (TPSA) is 45.2 Å². The first kappa shape index (κ1) is 17.5. The van der Waals surface area contributed by atoms with Crippen molar-refractivity contribution in [1.82, 2.24) is 15.2 Å². The number of amides is 1. The van der Waals surface area contributed by atoms with Crippen molar-refractivity contribution >= 4 is 5.91 Å². The summed E-state index contributed by atoms with van der Waals surface area (Å²) < 4.78 is 13.6. The van der Waals surface area contributed by atoms with E-state index in [4.69, 9.17) is 0 Å². The number of nitrogens with zero attached hydrogens (tertiary/aromatic N) is 2. The van der Waals surface area contributed by atoms with Crippen LogP contribution in [0.15, 0.2) is 42.7 Å². The lowest BCUT2D eigenvalue weighted by Gasteiger charge is -2.32. The standard InChI is InChI=1S/C20H24FN3O/c1-15-2-3-17(14-19(15)21)20(25)23-18-7-12-24(13-8-18)11-6-16-4-9-22-10-5-16/h2-5,9-10,14,18H,6-8,11-13H2,1H3,(H,23,25). The molecule has 1 aliphatic rings. The Balaban J connectivity index is 1.44. The molecule has 1 N–H and O–H groups in total. The Morgan fingerprint density at radius 1 is 1.24 bits per heavy atom. The second kappa shape index (κ2) is 8.21. The third kappa shape index (κ3) is 4.86. The van der Waals surface area contributed by atoms with Crippen molar-refractivity contribution in [2.45, 2.75) is 32.2 Å². The number of pyridine rings is 1. The van der Waals surface area contributed by atoms with Crippen molar-refractivity contribution in [3.05, 3.63) is 65.2 Å². The molecule has 0 atom stereocenters. The Labute approximate surface area is 148 Å². The molecule has 0 radical (unpaired) electrons. The number of aryl methyl sites for hydroxylation is 1. The van der Waals surface area contributed by atoms with Crippen LogP contribution < -0.4 is 5.32 Å². The SMILES string of the molecule is Cc1ccc(C(=O)NC2CCN(CCc3ccncc3)CC2)cc1F. The summed E-state index contributed by atoms with van der Waals surface area (Å²) in [4.78, 5) is 18.7. The normalized spacial score (nSPS) is 15.9. The molecule has 1 amide bonds. The van der Waals surface area contributed by atoms with Crippen molar-refractivity contribution < 1.29 is 9.18 Å². The van der Waals surface area contributed by atoms with Gasteiger partial charge in [-0.25, -0.2) is 4.39 Å². The molecule has 0 bridgehead atoms. The maximum Gasteiger partial charge on any atom is 0.251 e. The summed E-state index contributed by atoms with van der Waals surface area (Å²) in [5.74, 6) is -0.521. The lowest BCUT2D eigenvalue weighted by Crippen LogP contribution is -2.45. The first-order valence-electron chi connectivity index (χ1n) is 8.80. The molecule has 0 spiro atoms. The summed E-state index contributed by atoms with van der Waals surface area (Å²) in [6, 6.07) is 8.90. The molecule has 5 heteroatoms. The Kier molecular flexibility index (Phi) is 5.76. The predicted octanol–water partition coefficient (Wildman–Crippen LogP) is 2.97. The minimum atomic E-state index is -0.335. The van der Waals surface area contributed by atoms with Gasteiger partial charge in [-0.15, -0.1) is 0 Å². The number of halogens is 1. The van der Waals surface area contributed by atoms with E-state index in [1.54, 1.807) is 19.1 Å². The van der Waals surface area contributed by atoms with E-state index >= 15 is 0 Å². The number of carbonyl (C=O) groups is 1. The van der Waals surface area contributed by atoms with Crippen LogP contribution in [0.1, 0.15) is 34.3 Å². The maximum atomic E-state index is 13.6. The molecule has 1 aromatic carbocycles. The van der Waals surface area contributed by atoms with Crippen LogP contribution in [-0.2, 0) is 6.42 Å². The third-order valence-electron chi connectivity index (χ3n) is 4.82. The van der Waals surface area contributed by atoms with Crippen LogP contribution in [0.4, 0.5) is 4.39 Å². The zero-order chi connectivity index (χ0) is 17.6. The van der Waals surface area contributed by atoms with E-state index in [0.717, 1.165) is 38.9 Å². The molecular weight excluding hydrogens is 317 g/mol. The van der Waals surface area contributed by atoms with Crippen molar-refractivity contribution in [1.29, 1.82) is 0 Å². The van der Waals surface area contributed by atoms with Crippen molar-refractivity contribution in [2.75, 3.05) is 19.6 Å². The van der Waals surface area contributed by atoms with Crippen LogP contribution in [-0.4, -0.2) is 41.5 Å². The molecule has 25 heavy (non-hydrogen) atoms. The van der Waals surface area contributed by atoms with E-state index < -0.39 is 0 Å². The van der Waals surface area contributed by atoms with Crippen molar-refractivity contribution in [3.63, 3.8) is 0 Å². The van der Waals surface area contributed by atoms with Crippen molar-refractivity contribution in [3.8, 4) is 0 Å². The predicted molar refractivity (Wildman–Crippen MR) is 96.0 cm³/mol. The number of rotatable bonds is 5. The quantitative estimate of drug-likeness (QED) is 0.909. The van der Waals surface area contributed by atoms with E-state index in [0.29, 0.717) is 11.1 Å². The molecule has 2 aromatic rings. The molecule has 0 saturated carbocycles. The number of aromatic nitrogens is 1. The molecule has 3 rings (SSSR count). The second-order valence-corrected chi connectivity index (χ2v) is 6.66. The Bertz CT molecular complexity index is 712. The van der Waals surface area contributed by atoms with E-state index in [2.05, 4.69) is 15.2 Å². The Morgan fingerprint density at radius 3 is 2.64 bits per heavy atom. The highest BCUT2D eigenvalue weighted by atomic mass is 19.1. The first-order valence-corrected chi connectivity index (χ1v) is 8.80. The van der Waals surface area contributed by atoms with Gasteiger partial charge in [0.25, 0.3) is 5.91 Å². The number of likely N-dealkylation sites (tertiary alicyclic amines) is 1. The second-order valence-electron chi connectivity index (χ2n) is 6.66. The summed E-state index contributed by atoms with van der Waals surface area (Å²) in [6.07, 6.45) is 6.52. The number of benzene rings is 1. The monoisotopic (exact) mass is 341 g/mol. The van der Waals surface area contributed by atoms with Gasteiger partial charge < -0.3 is 10.2 Å². The van der Waals surface area contributed by atoms with Crippen LogP contribution in [0.2, 0.25) is 0 Å². The number of carbonyl (C=O) groups excluding carboxylic acids is 1. The molecule has 1 fully saturated rings. The van der Waals surface area contributed by atoms with Gasteiger partial charge in [0.2, 0.25) is 0 Å². The van der Waals surface area contributed by atoms with E-state index in [1.165, 1.54) is 11.6 Å². The van der Waals surface area contributed by atoms with Gasteiger partial charge in [-0.2, -0.15) is 0 Å². The summed E-state index contributed by atoms with van der Waals surface area (Å²) in [5, 5.41) is 3.04. The van der Waals surface area contributed by atoms with Gasteiger partial charge >= 0.3 is 0 Å². The van der Waals surface area contributed by atoms with Crippen LogP contribution in [0.3, 0.4) is 0 Å². The molecular formula is C20H24FN3O. The van der Waals surface area contributed by atoms with Gasteiger partial charge in [0, 0.05) is 43.6 Å². The summed E-state index contributed by atoms with van der Waals surface area (Å²) in [5.41, 5.74) is 2.24. The van der Waals surface area contributed by atoms with E-state index in [-0.39, 0.29) is 17.8 Å². The van der Waals surface area contributed by atoms with Crippen LogP contribution in [0.5, 0.6) is 0 Å². The smallest absolute Gasteiger partial charge is 0.251 e. The lowest BCUT2D eigenvalue weighted by molar-refractivity contribution is 0.0911. The number of piperidine rings is 1. The average Bonchev–Trinajstić information content (AvgIpc) is 2.64. The minimum absolute atomic E-state index is 0.161. The Morgan fingerprint density at radius 2 is 1.96 bits per heavy atom. The minimum Gasteiger partial charge on any atom is -0.349 e. The molecule has 1 aliphatic heterocycles. The third-order valence-corrected chi connectivity index (χ3v) is 4.82. The van der Waals surface area contributed by atoms with Gasteiger partial charge in [-0.3, -0.25) is 9.78 Å². The molecule has 0 aliphatic carbocycles. The fourth-order valence-electron chi connectivity index (χ4n) is 3.14. The number of nitrogens with one attached hydrogen (secondary N) is 1. The summed E-state index contributed by atoms with van der Waals surface area (Å²) >= 11 is 0. The first-order chi connectivity index (χ1) is 12.1. The summed E-state index contributed by atoms with van der Waals surface area (Å²) in [6.45, 7) is 4.66. The molecule has 132 valence electrons. The fourth-order valence-corrected chi connectivity index (χ4v) is 3.14. The van der Waals surface area contributed by atoms with Crippen LogP contribution in [0, 0.1) is 12.7 Å². The molecule has 1 saturated heterocycles.